The lowest BCUT2D eigenvalue weighted by molar-refractivity contribution is -0.139. The van der Waals surface area contributed by atoms with Crippen LogP contribution in [0.3, 0.4) is 0 Å². The van der Waals surface area contributed by atoms with Crippen molar-refractivity contribution in [2.45, 2.75) is 25.9 Å². The molecule has 1 unspecified atom stereocenters. The number of esters is 1. The molecule has 84 valence electrons. The lowest BCUT2D eigenvalue weighted by Gasteiger charge is -2.07. The number of carbonyl (C=O) groups excluding carboxylic acids is 1. The summed E-state index contributed by atoms with van der Waals surface area (Å²) >= 11 is 6.33. The Balaban J connectivity index is 2.14. The average Bonchev–Trinajstić information content (AvgIpc) is 2.62. The molecule has 0 aromatic heterocycles. The number of allylic oxidation sites excluding steroid dienone is 1. The molecule has 1 atom stereocenters. The van der Waals surface area contributed by atoms with Crippen LogP contribution in [0.25, 0.3) is 0 Å². The van der Waals surface area contributed by atoms with Crippen LogP contribution in [0.15, 0.2) is 12.2 Å². The van der Waals surface area contributed by atoms with Gasteiger partial charge in [0.15, 0.2) is 0 Å². The van der Waals surface area contributed by atoms with Crippen LogP contribution in [0.5, 0.6) is 0 Å². The molecule has 1 rings (SSSR count). The maximum absolute atomic E-state index is 11.2. The van der Waals surface area contributed by atoms with Gasteiger partial charge in [-0.25, -0.2) is 4.79 Å². The first-order valence-corrected chi connectivity index (χ1v) is 6.28. The van der Waals surface area contributed by atoms with E-state index in [-0.39, 0.29) is 18.7 Å². The molecule has 0 bridgehead atoms. The van der Waals surface area contributed by atoms with Crippen LogP contribution in [-0.4, -0.2) is 28.8 Å². The third-order valence-electron chi connectivity index (χ3n) is 1.77. The second-order valence-corrected chi connectivity index (χ2v) is 4.74. The lowest BCUT2D eigenvalue weighted by atomic mass is 10.3. The Hall–Kier alpha value is -0.550. The number of rotatable bonds is 5. The van der Waals surface area contributed by atoms with Crippen molar-refractivity contribution in [3.8, 4) is 0 Å². The molecule has 0 saturated carbocycles. The van der Waals surface area contributed by atoms with Gasteiger partial charge in [0.1, 0.15) is 12.7 Å². The molecular weight excluding hydrogens is 232 g/mol. The zero-order valence-electron chi connectivity index (χ0n) is 8.60. The highest BCUT2D eigenvalue weighted by Gasteiger charge is 2.22. The van der Waals surface area contributed by atoms with Gasteiger partial charge >= 0.3 is 5.97 Å². The highest BCUT2D eigenvalue weighted by Crippen LogP contribution is 2.19. The second-order valence-electron chi connectivity index (χ2n) is 3.12. The summed E-state index contributed by atoms with van der Waals surface area (Å²) in [6.07, 6.45) is 5.13. The topological polar surface area (TPSA) is 35.5 Å². The number of thioether (sulfide) groups is 1. The summed E-state index contributed by atoms with van der Waals surface area (Å²) in [5, 5.41) is 0. The normalized spacial score (nSPS) is 20.6. The molecule has 1 fully saturated rings. The van der Waals surface area contributed by atoms with Crippen molar-refractivity contribution in [2.75, 3.05) is 12.4 Å². The van der Waals surface area contributed by atoms with Gasteiger partial charge in [0.25, 0.3) is 0 Å². The Morgan fingerprint density at radius 2 is 2.60 bits per heavy atom. The fraction of sp³-hybridized carbons (Fsp3) is 0.600. The van der Waals surface area contributed by atoms with E-state index >= 15 is 0 Å². The number of carbonyl (C=O) groups is 1. The highest BCUT2D eigenvalue weighted by atomic mass is 32.2. The minimum atomic E-state index is -0.310. The first kappa shape index (κ1) is 12.5. The quantitative estimate of drug-likeness (QED) is 0.422. The van der Waals surface area contributed by atoms with Crippen LogP contribution >= 0.6 is 24.0 Å². The predicted octanol–water partition coefficient (Wildman–Crippen LogP) is 2.30. The van der Waals surface area contributed by atoms with Gasteiger partial charge in [-0.05, 0) is 18.6 Å². The van der Waals surface area contributed by atoms with E-state index in [1.165, 1.54) is 17.8 Å². The standard InChI is InChI=1S/C10H14O3S2/c1-2-3-4-5-9(11)12-6-8-7-15-10(14)13-8/h4-5,8H,2-3,6-7H2,1H3/b5-4+. The summed E-state index contributed by atoms with van der Waals surface area (Å²) in [7, 11) is 0. The highest BCUT2D eigenvalue weighted by molar-refractivity contribution is 8.22. The molecule has 15 heavy (non-hydrogen) atoms. The SMILES string of the molecule is CCC/C=C/C(=O)OCC1CSC(=S)O1. The molecule has 1 aliphatic heterocycles. The lowest BCUT2D eigenvalue weighted by Crippen LogP contribution is -2.19. The van der Waals surface area contributed by atoms with Gasteiger partial charge in [0.05, 0.1) is 0 Å². The Morgan fingerprint density at radius 1 is 1.80 bits per heavy atom. The summed E-state index contributed by atoms with van der Waals surface area (Å²) in [5.74, 6) is 0.458. The van der Waals surface area contributed by atoms with Gasteiger partial charge in [-0.2, -0.15) is 0 Å². The summed E-state index contributed by atoms with van der Waals surface area (Å²) in [4.78, 5) is 11.2. The molecule has 0 amide bonds. The number of unbranched alkanes of at least 4 members (excludes halogenated alkanes) is 1. The van der Waals surface area contributed by atoms with Crippen LogP contribution in [-0.2, 0) is 14.3 Å². The fourth-order valence-electron chi connectivity index (χ4n) is 1.02. The minimum Gasteiger partial charge on any atom is -0.471 e. The molecule has 0 radical (unpaired) electrons. The van der Waals surface area contributed by atoms with Gasteiger partial charge in [-0.1, -0.05) is 31.2 Å². The van der Waals surface area contributed by atoms with Crippen LogP contribution in [0.4, 0.5) is 0 Å². The van der Waals surface area contributed by atoms with Gasteiger partial charge in [0, 0.05) is 11.8 Å². The first-order valence-electron chi connectivity index (χ1n) is 4.89. The van der Waals surface area contributed by atoms with Crippen molar-refractivity contribution in [3.63, 3.8) is 0 Å². The zero-order valence-corrected chi connectivity index (χ0v) is 10.2. The van der Waals surface area contributed by atoms with Gasteiger partial charge in [-0.3, -0.25) is 0 Å². The maximum Gasteiger partial charge on any atom is 0.330 e. The summed E-state index contributed by atoms with van der Waals surface area (Å²) < 4.78 is 10.8. The van der Waals surface area contributed by atoms with E-state index in [1.807, 2.05) is 6.08 Å². The van der Waals surface area contributed by atoms with Crippen LogP contribution < -0.4 is 0 Å². The molecule has 1 heterocycles. The van der Waals surface area contributed by atoms with Crippen molar-refractivity contribution in [1.82, 2.24) is 0 Å². The Kier molecular flexibility index (Phi) is 5.71. The summed E-state index contributed by atoms with van der Waals surface area (Å²) in [5.41, 5.74) is 0. The van der Waals surface area contributed by atoms with Crippen LogP contribution in [0.2, 0.25) is 0 Å². The van der Waals surface area contributed by atoms with E-state index in [0.29, 0.717) is 4.38 Å². The van der Waals surface area contributed by atoms with Crippen LogP contribution in [0.1, 0.15) is 19.8 Å². The number of hydrogen-bond donors (Lipinski definition) is 0. The molecule has 3 nitrogen and oxygen atoms in total. The molecule has 0 aromatic rings. The minimum absolute atomic E-state index is 0.0778. The van der Waals surface area contributed by atoms with E-state index in [0.717, 1.165) is 18.6 Å². The first-order chi connectivity index (χ1) is 7.22. The Labute approximate surface area is 99.2 Å². The number of hydrogen-bond acceptors (Lipinski definition) is 5. The van der Waals surface area contributed by atoms with Crippen molar-refractivity contribution < 1.29 is 14.3 Å². The summed E-state index contributed by atoms with van der Waals surface area (Å²) in [6, 6.07) is 0. The third-order valence-corrected chi connectivity index (χ3v) is 3.09. The molecule has 0 aromatic carbocycles. The maximum atomic E-state index is 11.2. The van der Waals surface area contributed by atoms with E-state index in [2.05, 4.69) is 6.92 Å². The van der Waals surface area contributed by atoms with E-state index in [9.17, 15) is 4.79 Å². The summed E-state index contributed by atoms with van der Waals surface area (Å²) in [6.45, 7) is 2.34. The predicted molar refractivity (Wildman–Crippen MR) is 64.9 cm³/mol. The number of thiocarbonyl (C=S) groups is 1. The number of ether oxygens (including phenoxy) is 2. The Bertz CT molecular complexity index is 263. The molecular formula is C10H14O3S2. The molecule has 0 N–H and O–H groups in total. The third kappa shape index (κ3) is 5.18. The average molecular weight is 246 g/mol. The van der Waals surface area contributed by atoms with Crippen molar-refractivity contribution in [2.24, 2.45) is 0 Å². The smallest absolute Gasteiger partial charge is 0.330 e. The van der Waals surface area contributed by atoms with Gasteiger partial charge in [0.2, 0.25) is 4.38 Å². The molecule has 1 aliphatic rings. The van der Waals surface area contributed by atoms with Crippen LogP contribution in [0, 0.1) is 0 Å². The molecule has 5 heteroatoms. The molecule has 1 saturated heterocycles. The zero-order chi connectivity index (χ0) is 11.1. The van der Waals surface area contributed by atoms with Crippen molar-refractivity contribution in [3.05, 3.63) is 12.2 Å². The van der Waals surface area contributed by atoms with Gasteiger partial charge in [-0.15, -0.1) is 0 Å². The largest absolute Gasteiger partial charge is 0.471 e. The van der Waals surface area contributed by atoms with E-state index < -0.39 is 0 Å². The van der Waals surface area contributed by atoms with Gasteiger partial charge < -0.3 is 9.47 Å². The van der Waals surface area contributed by atoms with Crippen molar-refractivity contribution >= 4 is 34.3 Å². The monoisotopic (exact) mass is 246 g/mol. The molecule has 0 aliphatic carbocycles. The van der Waals surface area contributed by atoms with Crippen molar-refractivity contribution in [1.29, 1.82) is 0 Å². The van der Waals surface area contributed by atoms with E-state index in [4.69, 9.17) is 21.7 Å². The van der Waals surface area contributed by atoms with E-state index in [1.54, 1.807) is 0 Å². The second kappa shape index (κ2) is 6.85. The fourth-order valence-corrected chi connectivity index (χ4v) is 2.05. The molecule has 0 spiro atoms. The Morgan fingerprint density at radius 3 is 3.20 bits per heavy atom.